The van der Waals surface area contributed by atoms with Crippen LogP contribution in [0.3, 0.4) is 0 Å². The largest absolute Gasteiger partial charge is 0.324 e. The van der Waals surface area contributed by atoms with Crippen LogP contribution in [-0.4, -0.2) is 0 Å². The van der Waals surface area contributed by atoms with Gasteiger partial charge in [0.15, 0.2) is 0 Å². The fourth-order valence-electron chi connectivity index (χ4n) is 2.21. The van der Waals surface area contributed by atoms with Crippen LogP contribution >= 0.6 is 11.6 Å². The van der Waals surface area contributed by atoms with Crippen LogP contribution in [0.2, 0.25) is 5.02 Å². The minimum Gasteiger partial charge on any atom is -0.324 e. The summed E-state index contributed by atoms with van der Waals surface area (Å²) in [6.07, 6.45) is 0. The van der Waals surface area contributed by atoms with Crippen molar-refractivity contribution in [3.63, 3.8) is 0 Å². The van der Waals surface area contributed by atoms with Crippen molar-refractivity contribution in [2.45, 2.75) is 19.9 Å². The van der Waals surface area contributed by atoms with E-state index in [4.69, 9.17) is 17.3 Å². The van der Waals surface area contributed by atoms with Crippen LogP contribution in [0.15, 0.2) is 30.3 Å². The Kier molecular flexibility index (Phi) is 4.16. The number of halogens is 2. The van der Waals surface area contributed by atoms with Crippen molar-refractivity contribution in [2.75, 3.05) is 0 Å². The molecule has 0 heterocycles. The molecule has 2 rings (SSSR count). The molecule has 1 unspecified atom stereocenters. The molecule has 20 heavy (non-hydrogen) atoms. The van der Waals surface area contributed by atoms with E-state index in [0.29, 0.717) is 33.0 Å². The third kappa shape index (κ3) is 2.57. The zero-order chi connectivity index (χ0) is 14.9. The van der Waals surface area contributed by atoms with Crippen LogP contribution in [0.5, 0.6) is 0 Å². The first kappa shape index (κ1) is 14.6. The van der Waals surface area contributed by atoms with Crippen molar-refractivity contribution >= 4 is 17.3 Å². The average Bonchev–Trinajstić information content (AvgIpc) is 2.40. The topological polar surface area (TPSA) is 57.1 Å². The first-order valence-corrected chi connectivity index (χ1v) is 6.56. The smallest absolute Gasteiger partial charge is 0.265 e. The molecule has 5 heteroatoms. The van der Waals surface area contributed by atoms with Gasteiger partial charge < -0.3 is 5.73 Å². The van der Waals surface area contributed by atoms with E-state index in [0.717, 1.165) is 0 Å². The van der Waals surface area contributed by atoms with Gasteiger partial charge >= 0.3 is 0 Å². The van der Waals surface area contributed by atoms with Crippen LogP contribution in [0, 0.1) is 17.6 Å². The molecule has 1 atom stereocenters. The molecule has 0 saturated heterocycles. The van der Waals surface area contributed by atoms with Crippen LogP contribution in [0.1, 0.15) is 24.1 Å². The summed E-state index contributed by atoms with van der Waals surface area (Å²) in [4.78, 5) is 11.3. The highest BCUT2D eigenvalue weighted by atomic mass is 35.5. The fraction of sp³-hybridized carbons (Fsp3) is 0.200. The third-order valence-electron chi connectivity index (χ3n) is 3.26. The van der Waals surface area contributed by atoms with Gasteiger partial charge in [-0.15, -0.1) is 0 Å². The van der Waals surface area contributed by atoms with Crippen LogP contribution in [0.4, 0.5) is 10.1 Å². The minimum atomic E-state index is -0.373. The Labute approximate surface area is 121 Å². The van der Waals surface area contributed by atoms with E-state index in [9.17, 15) is 9.30 Å². The molecule has 0 fully saturated rings. The van der Waals surface area contributed by atoms with Gasteiger partial charge in [0.25, 0.3) is 5.69 Å². The maximum atomic E-state index is 13.4. The predicted molar refractivity (Wildman–Crippen MR) is 78.2 cm³/mol. The Hall–Kier alpha value is -1.78. The van der Waals surface area contributed by atoms with Gasteiger partial charge in [-0.05, 0) is 43.2 Å². The molecule has 0 aliphatic carbocycles. The van der Waals surface area contributed by atoms with Crippen molar-refractivity contribution in [2.24, 2.45) is 5.73 Å². The maximum Gasteiger partial charge on any atom is 0.265 e. The van der Waals surface area contributed by atoms with Gasteiger partial charge in [0.1, 0.15) is 5.82 Å². The lowest BCUT2D eigenvalue weighted by atomic mass is 9.92. The Balaban J connectivity index is 2.85. The minimum absolute atomic E-state index is 0.329. The number of rotatable bonds is 3. The van der Waals surface area contributed by atoms with Gasteiger partial charge in [-0.2, -0.15) is 0 Å². The molecule has 0 bridgehead atoms. The molecule has 0 aromatic heterocycles. The highest BCUT2D eigenvalue weighted by Gasteiger charge is 2.23. The summed E-state index contributed by atoms with van der Waals surface area (Å²) < 4.78 is 13.4. The van der Waals surface area contributed by atoms with Gasteiger partial charge in [-0.25, -0.2) is 4.39 Å². The summed E-state index contributed by atoms with van der Waals surface area (Å²) in [5, 5.41) is 2.36. The van der Waals surface area contributed by atoms with Crippen LogP contribution in [-0.2, 0) is 0 Å². The van der Waals surface area contributed by atoms with E-state index in [-0.39, 0.29) is 11.9 Å². The van der Waals surface area contributed by atoms with E-state index < -0.39 is 0 Å². The summed E-state index contributed by atoms with van der Waals surface area (Å²) in [5.41, 5.74) is 8.78. The first-order chi connectivity index (χ1) is 9.45. The second-order valence-corrected chi connectivity index (χ2v) is 5.13. The van der Waals surface area contributed by atoms with Crippen LogP contribution in [0.25, 0.3) is 11.1 Å². The second-order valence-electron chi connectivity index (χ2n) is 4.72. The molecule has 0 amide bonds. The molecule has 2 aromatic carbocycles. The quantitative estimate of drug-likeness (QED) is 0.914. The molecule has 0 aliphatic heterocycles. The molecule has 3 nitrogen and oxygen atoms in total. The van der Waals surface area contributed by atoms with E-state index in [1.807, 2.05) is 5.18 Å². The average molecular weight is 294 g/mol. The normalized spacial score (nSPS) is 12.2. The molecular weight excluding hydrogens is 279 g/mol. The SMILES string of the molecule is Cc1c(Cl)cc(C(C)N)c(-c2cccc(F)c2)c1[NH+]=O. The van der Waals surface area contributed by atoms with Gasteiger partial charge in [0.2, 0.25) is 0 Å². The number of hydrogen-bond acceptors (Lipinski definition) is 2. The number of hydrogen-bond donors (Lipinski definition) is 2. The number of nitrogens with two attached hydrogens (primary N) is 1. The van der Waals surface area contributed by atoms with E-state index in [1.165, 1.54) is 12.1 Å². The lowest BCUT2D eigenvalue weighted by molar-refractivity contribution is -0.379. The molecule has 0 radical (unpaired) electrons. The summed E-state index contributed by atoms with van der Waals surface area (Å²) >= 11 is 6.12. The predicted octanol–water partition coefficient (Wildman–Crippen LogP) is 2.95. The summed E-state index contributed by atoms with van der Waals surface area (Å²) in [5.74, 6) is -0.373. The standard InChI is InChI=1S/C15H14ClFN2O/c1-8-13(16)7-12(9(2)18)14(15(8)19-20)10-4-3-5-11(17)6-10/h3-7,9H,18H2,1-2H3/p+1. The number of benzene rings is 2. The summed E-state index contributed by atoms with van der Waals surface area (Å²) in [7, 11) is 0. The molecule has 0 spiro atoms. The zero-order valence-electron chi connectivity index (χ0n) is 11.2. The third-order valence-corrected chi connectivity index (χ3v) is 3.65. The highest BCUT2D eigenvalue weighted by molar-refractivity contribution is 6.32. The van der Waals surface area contributed by atoms with E-state index in [1.54, 1.807) is 32.0 Å². The number of nitrogens with one attached hydrogen (secondary N) is 1. The van der Waals surface area contributed by atoms with E-state index in [2.05, 4.69) is 0 Å². The Morgan fingerprint density at radius 1 is 1.35 bits per heavy atom. The lowest BCUT2D eigenvalue weighted by Crippen LogP contribution is -2.57. The van der Waals surface area contributed by atoms with Crippen molar-refractivity contribution in [1.29, 1.82) is 0 Å². The lowest BCUT2D eigenvalue weighted by Gasteiger charge is -2.14. The van der Waals surface area contributed by atoms with Crippen molar-refractivity contribution in [3.05, 3.63) is 57.2 Å². The second kappa shape index (κ2) is 5.69. The summed E-state index contributed by atoms with van der Waals surface area (Å²) in [6.45, 7) is 3.52. The Morgan fingerprint density at radius 2 is 2.05 bits per heavy atom. The van der Waals surface area contributed by atoms with Gasteiger partial charge in [0, 0.05) is 21.7 Å². The Bertz CT molecular complexity index is 671. The Morgan fingerprint density at radius 3 is 2.60 bits per heavy atom. The molecule has 2 aromatic rings. The van der Waals surface area contributed by atoms with Crippen molar-refractivity contribution in [1.82, 2.24) is 0 Å². The van der Waals surface area contributed by atoms with Gasteiger partial charge in [-0.1, -0.05) is 23.7 Å². The molecule has 104 valence electrons. The molecule has 3 N–H and O–H groups in total. The molecule has 0 aliphatic rings. The van der Waals surface area contributed by atoms with Crippen LogP contribution < -0.4 is 10.9 Å². The molecule has 0 saturated carbocycles. The van der Waals surface area contributed by atoms with Crippen molar-refractivity contribution < 1.29 is 9.57 Å². The van der Waals surface area contributed by atoms with Gasteiger partial charge in [-0.3, -0.25) is 0 Å². The monoisotopic (exact) mass is 293 g/mol. The fourth-order valence-corrected chi connectivity index (χ4v) is 2.42. The zero-order valence-corrected chi connectivity index (χ0v) is 12.0. The summed E-state index contributed by atoms with van der Waals surface area (Å²) in [6, 6.07) is 7.44. The van der Waals surface area contributed by atoms with Gasteiger partial charge in [0.05, 0.1) is 10.6 Å². The van der Waals surface area contributed by atoms with Crippen molar-refractivity contribution in [3.8, 4) is 11.1 Å². The number of nitroso groups, excluding NO2 is 1. The van der Waals surface area contributed by atoms with E-state index >= 15 is 0 Å². The molecular formula is C15H15ClFN2O+. The highest BCUT2D eigenvalue weighted by Crippen LogP contribution is 2.37. The first-order valence-electron chi connectivity index (χ1n) is 6.18. The maximum absolute atomic E-state index is 13.4.